The fourth-order valence-electron chi connectivity index (χ4n) is 14.9. The van der Waals surface area contributed by atoms with Crippen LogP contribution in [0.5, 0.6) is 0 Å². The van der Waals surface area contributed by atoms with Crippen molar-refractivity contribution in [2.45, 2.75) is 527 Å². The molecule has 0 rings (SSSR count). The van der Waals surface area contributed by atoms with Crippen molar-refractivity contribution in [2.24, 2.45) is 0 Å². The highest BCUT2D eigenvalue weighted by Crippen LogP contribution is 2.22. The van der Waals surface area contributed by atoms with Gasteiger partial charge in [-0.15, -0.1) is 0 Å². The minimum atomic E-state index is -1.51. The summed E-state index contributed by atoms with van der Waals surface area (Å²) in [6, 6.07) is 0. The lowest BCUT2D eigenvalue weighted by molar-refractivity contribution is -0.870. The average molecular weight is 1430 g/mol. The van der Waals surface area contributed by atoms with Gasteiger partial charge < -0.3 is 28.5 Å². The summed E-state index contributed by atoms with van der Waals surface area (Å²) in [5, 5.41) is 9.80. The Morgan fingerprint density at radius 3 is 0.634 bits per heavy atom. The highest BCUT2D eigenvalue weighted by molar-refractivity contribution is 5.71. The monoisotopic (exact) mass is 1430 g/mol. The zero-order chi connectivity index (χ0) is 73.2. The average Bonchev–Trinajstić information content (AvgIpc) is 1.21. The maximum absolute atomic E-state index is 13.0. The second-order valence-corrected chi connectivity index (χ2v) is 33.3. The molecule has 2 unspecified atom stereocenters. The number of carbonyl (C=O) groups is 3. The van der Waals surface area contributed by atoms with Gasteiger partial charge in [0.1, 0.15) is 13.2 Å². The minimum absolute atomic E-state index is 0.171. The Labute approximate surface area is 632 Å². The molecule has 9 nitrogen and oxygen atoms in total. The molecule has 0 aliphatic carbocycles. The summed E-state index contributed by atoms with van der Waals surface area (Å²) < 4.78 is 23.1. The van der Waals surface area contributed by atoms with E-state index in [0.717, 1.165) is 38.5 Å². The molecule has 0 heterocycles. The van der Waals surface area contributed by atoms with Crippen LogP contribution >= 0.6 is 0 Å². The van der Waals surface area contributed by atoms with Crippen LogP contribution in [0.1, 0.15) is 515 Å². The largest absolute Gasteiger partial charge is 0.477 e. The minimum Gasteiger partial charge on any atom is -0.477 e. The lowest BCUT2D eigenvalue weighted by atomic mass is 10.0. The number of nitrogens with zero attached hydrogens (tertiary/aromatic N) is 1. The number of unbranched alkanes of at least 4 members (excludes halogenated alkanes) is 74. The Hall–Kier alpha value is -1.71. The molecule has 1 N–H and O–H groups in total. The van der Waals surface area contributed by atoms with Crippen LogP contribution < -0.4 is 0 Å². The Bertz CT molecular complexity index is 1620. The van der Waals surface area contributed by atoms with E-state index in [1.165, 1.54) is 449 Å². The van der Waals surface area contributed by atoms with E-state index in [4.69, 9.17) is 18.9 Å². The Morgan fingerprint density at radius 1 is 0.257 bits per heavy atom. The zero-order valence-electron chi connectivity index (χ0n) is 69.4. The van der Waals surface area contributed by atoms with Gasteiger partial charge in [0, 0.05) is 12.8 Å². The van der Waals surface area contributed by atoms with Gasteiger partial charge in [-0.1, -0.05) is 489 Å². The van der Waals surface area contributed by atoms with E-state index in [-0.39, 0.29) is 38.2 Å². The Kier molecular flexibility index (Phi) is 82.5. The molecule has 0 saturated carbocycles. The first-order valence-electron chi connectivity index (χ1n) is 46.2. The Morgan fingerprint density at radius 2 is 0.446 bits per heavy atom. The molecule has 0 spiro atoms. The molecule has 0 radical (unpaired) electrons. The van der Waals surface area contributed by atoms with Crippen LogP contribution in [-0.2, 0) is 33.3 Å². The van der Waals surface area contributed by atoms with Gasteiger partial charge in [-0.25, -0.2) is 4.79 Å². The lowest BCUT2D eigenvalue weighted by Crippen LogP contribution is -2.40. The van der Waals surface area contributed by atoms with Crippen LogP contribution in [-0.4, -0.2) is 87.4 Å². The number of esters is 2. The number of ether oxygens (including phenoxy) is 4. The third-order valence-electron chi connectivity index (χ3n) is 21.9. The molecule has 0 bridgehead atoms. The van der Waals surface area contributed by atoms with E-state index in [0.29, 0.717) is 17.4 Å². The number of hydrogen-bond donors (Lipinski definition) is 1. The maximum Gasteiger partial charge on any atom is 0.361 e. The van der Waals surface area contributed by atoms with Gasteiger partial charge in [-0.05, 0) is 12.8 Å². The fourth-order valence-corrected chi connectivity index (χ4v) is 14.9. The van der Waals surface area contributed by atoms with E-state index < -0.39 is 18.4 Å². The third kappa shape index (κ3) is 85.4. The van der Waals surface area contributed by atoms with Gasteiger partial charge >= 0.3 is 17.9 Å². The van der Waals surface area contributed by atoms with Crippen molar-refractivity contribution >= 4 is 17.9 Å². The van der Waals surface area contributed by atoms with Crippen molar-refractivity contribution in [1.29, 1.82) is 0 Å². The number of hydrogen-bond acceptors (Lipinski definition) is 7. The highest BCUT2D eigenvalue weighted by atomic mass is 16.7. The maximum atomic E-state index is 13.0. The van der Waals surface area contributed by atoms with Crippen molar-refractivity contribution < 1.29 is 42.9 Å². The molecule has 101 heavy (non-hydrogen) atoms. The van der Waals surface area contributed by atoms with Crippen LogP contribution in [0.2, 0.25) is 0 Å². The van der Waals surface area contributed by atoms with Gasteiger partial charge in [-0.3, -0.25) is 9.59 Å². The number of quaternary nitrogens is 1. The van der Waals surface area contributed by atoms with Gasteiger partial charge in [-0.2, -0.15) is 0 Å². The number of carboxylic acids is 1. The van der Waals surface area contributed by atoms with E-state index >= 15 is 0 Å². The van der Waals surface area contributed by atoms with Crippen LogP contribution in [0.4, 0.5) is 0 Å². The molecule has 0 aromatic heterocycles. The molecule has 2 atom stereocenters. The summed E-state index contributed by atoms with van der Waals surface area (Å²) in [5.74, 6) is -1.96. The summed E-state index contributed by atoms with van der Waals surface area (Å²) >= 11 is 0. The smallest absolute Gasteiger partial charge is 0.361 e. The van der Waals surface area contributed by atoms with Crippen LogP contribution in [0.25, 0.3) is 0 Å². The van der Waals surface area contributed by atoms with Gasteiger partial charge in [0.05, 0.1) is 34.4 Å². The van der Waals surface area contributed by atoms with Gasteiger partial charge in [0.25, 0.3) is 6.29 Å². The normalized spacial score (nSPS) is 12.4. The first-order valence-corrected chi connectivity index (χ1v) is 46.2. The quantitative estimate of drug-likeness (QED) is 0.0278. The van der Waals surface area contributed by atoms with E-state index in [9.17, 15) is 19.5 Å². The molecule has 0 aromatic carbocycles. The molecule has 0 aliphatic rings. The van der Waals surface area contributed by atoms with Gasteiger partial charge in [0.2, 0.25) is 0 Å². The predicted molar refractivity (Wildman–Crippen MR) is 439 cm³/mol. The molecule has 0 aromatic rings. The second-order valence-electron chi connectivity index (χ2n) is 33.3. The van der Waals surface area contributed by atoms with Crippen molar-refractivity contribution in [3.63, 3.8) is 0 Å². The van der Waals surface area contributed by atoms with Crippen molar-refractivity contribution in [1.82, 2.24) is 0 Å². The topological polar surface area (TPSA) is 108 Å². The van der Waals surface area contributed by atoms with Crippen LogP contribution in [0.3, 0.4) is 0 Å². The molecule has 602 valence electrons. The SMILES string of the molecule is CCCCCCCCCCCCCCCCCCCCCCCCCCCCCCCCCCCCCCCCCCC(=O)OC(COC(=O)CCCCCCCCCCCCCCCCCCCCCCCCCCCCCCCCCCCCCC)COC(OCC[N+](C)(C)C)C(=O)O. The molecule has 0 saturated heterocycles. The third-order valence-corrected chi connectivity index (χ3v) is 21.9. The molecule has 0 amide bonds. The fraction of sp³-hybridized carbons (Fsp3) is 0.967. The Balaban J connectivity index is 3.86. The summed E-state index contributed by atoms with van der Waals surface area (Å²) in [4.78, 5) is 37.8. The van der Waals surface area contributed by atoms with Gasteiger partial charge in [0.15, 0.2) is 6.10 Å². The van der Waals surface area contributed by atoms with Crippen LogP contribution in [0.15, 0.2) is 0 Å². The van der Waals surface area contributed by atoms with Crippen molar-refractivity contribution in [3.8, 4) is 0 Å². The number of likely N-dealkylation sites (N-methyl/N-ethyl adjacent to an activating group) is 1. The van der Waals surface area contributed by atoms with E-state index in [1.807, 2.05) is 21.1 Å². The molecular formula is C92H182NO8+. The predicted octanol–water partition coefficient (Wildman–Crippen LogP) is 30.1. The van der Waals surface area contributed by atoms with Crippen LogP contribution in [0, 0.1) is 0 Å². The summed E-state index contributed by atoms with van der Waals surface area (Å²) in [7, 11) is 6.01. The number of aliphatic carboxylic acids is 1. The lowest BCUT2D eigenvalue weighted by Gasteiger charge is -2.25. The van der Waals surface area contributed by atoms with E-state index in [1.54, 1.807) is 0 Å². The number of rotatable bonds is 89. The zero-order valence-corrected chi connectivity index (χ0v) is 69.4. The summed E-state index contributed by atoms with van der Waals surface area (Å²) in [5.41, 5.74) is 0. The standard InChI is InChI=1S/C92H181NO8/c1-6-8-10-12-14-16-18-20-22-24-26-28-30-32-34-36-38-40-42-44-45-46-47-49-51-53-55-57-59-61-63-65-67-69-71-73-75-77-79-81-83-90(95)101-88(87-100-92(91(96)97)98-85-84-93(3,4)5)86-99-89(94)82-80-78-76-74-72-70-68-66-64-62-60-58-56-54-52-50-48-43-41-39-37-35-33-31-29-27-25-23-21-19-17-15-13-11-9-7-2/h88,92H,6-87H2,1-5H3/p+1. The first kappa shape index (κ1) is 99.3. The summed E-state index contributed by atoms with van der Waals surface area (Å²) in [6.45, 7) is 5.00. The number of carboxylic acid groups (broad SMARTS) is 1. The van der Waals surface area contributed by atoms with E-state index in [2.05, 4.69) is 13.8 Å². The molecular weight excluding hydrogens is 1250 g/mol. The van der Waals surface area contributed by atoms with Crippen molar-refractivity contribution in [2.75, 3.05) is 47.5 Å². The second kappa shape index (κ2) is 83.9. The number of carbonyl (C=O) groups excluding carboxylic acids is 2. The molecule has 0 aliphatic heterocycles. The summed E-state index contributed by atoms with van der Waals surface area (Å²) in [6.07, 6.45) is 103. The molecule has 0 fully saturated rings. The highest BCUT2D eigenvalue weighted by Gasteiger charge is 2.25. The van der Waals surface area contributed by atoms with Crippen molar-refractivity contribution in [3.05, 3.63) is 0 Å². The first-order chi connectivity index (χ1) is 49.6. The molecule has 9 heteroatoms.